The number of rotatable bonds is 11. The van der Waals surface area contributed by atoms with E-state index in [2.05, 4.69) is 29.8 Å². The zero-order valence-corrected chi connectivity index (χ0v) is 12.3. The molecule has 0 saturated carbocycles. The molecule has 0 bridgehead atoms. The lowest BCUT2D eigenvalue weighted by atomic mass is 10.3. The van der Waals surface area contributed by atoms with E-state index < -0.39 is 0 Å². The van der Waals surface area contributed by atoms with Gasteiger partial charge in [0.2, 0.25) is 0 Å². The Morgan fingerprint density at radius 2 is 2.28 bits per heavy atom. The molecule has 0 aliphatic carbocycles. The molecule has 1 aromatic rings. The maximum Gasteiger partial charge on any atom is 0.0671 e. The first-order valence-corrected chi connectivity index (χ1v) is 7.63. The SMILES string of the molecule is CCOCCCNCC(C)OCCc1cccs1. The minimum absolute atomic E-state index is 0.275. The summed E-state index contributed by atoms with van der Waals surface area (Å²) in [7, 11) is 0. The Kier molecular flexibility index (Phi) is 9.12. The molecule has 1 atom stereocenters. The molecule has 0 amide bonds. The van der Waals surface area contributed by atoms with Gasteiger partial charge in [0.25, 0.3) is 0 Å². The minimum Gasteiger partial charge on any atom is -0.382 e. The van der Waals surface area contributed by atoms with Crippen molar-refractivity contribution in [2.24, 2.45) is 0 Å². The van der Waals surface area contributed by atoms with Gasteiger partial charge in [0.15, 0.2) is 0 Å². The minimum atomic E-state index is 0.275. The van der Waals surface area contributed by atoms with E-state index in [0.717, 1.165) is 45.8 Å². The molecular weight excluding hydrogens is 246 g/mol. The Bertz CT molecular complexity index is 277. The average molecular weight is 271 g/mol. The molecule has 0 saturated heterocycles. The van der Waals surface area contributed by atoms with E-state index >= 15 is 0 Å². The number of nitrogens with one attached hydrogen (secondary N) is 1. The summed E-state index contributed by atoms with van der Waals surface area (Å²) in [6, 6.07) is 4.24. The van der Waals surface area contributed by atoms with Gasteiger partial charge in [-0.25, -0.2) is 0 Å². The molecule has 1 heterocycles. The second-order valence-electron chi connectivity index (χ2n) is 4.27. The maximum atomic E-state index is 5.76. The zero-order chi connectivity index (χ0) is 13.1. The Labute approximate surface area is 114 Å². The fraction of sp³-hybridized carbons (Fsp3) is 0.714. The van der Waals surface area contributed by atoms with E-state index in [4.69, 9.17) is 9.47 Å². The number of thiophene rings is 1. The summed E-state index contributed by atoms with van der Waals surface area (Å²) in [6.07, 6.45) is 2.36. The highest BCUT2D eigenvalue weighted by atomic mass is 32.1. The molecule has 18 heavy (non-hydrogen) atoms. The summed E-state index contributed by atoms with van der Waals surface area (Å²) in [5.41, 5.74) is 0. The zero-order valence-electron chi connectivity index (χ0n) is 11.5. The second kappa shape index (κ2) is 10.5. The third-order valence-corrected chi connectivity index (χ3v) is 3.55. The van der Waals surface area contributed by atoms with Gasteiger partial charge in [-0.2, -0.15) is 0 Å². The molecule has 1 aromatic heterocycles. The molecule has 0 aliphatic rings. The highest BCUT2D eigenvalue weighted by molar-refractivity contribution is 7.09. The Balaban J connectivity index is 1.89. The largest absolute Gasteiger partial charge is 0.382 e. The van der Waals surface area contributed by atoms with E-state index in [1.165, 1.54) is 4.88 Å². The van der Waals surface area contributed by atoms with Crippen LogP contribution in [0.4, 0.5) is 0 Å². The van der Waals surface area contributed by atoms with Crippen LogP contribution in [0, 0.1) is 0 Å². The Morgan fingerprint density at radius 3 is 3.00 bits per heavy atom. The molecule has 0 aromatic carbocycles. The van der Waals surface area contributed by atoms with E-state index in [1.54, 1.807) is 11.3 Å². The van der Waals surface area contributed by atoms with Gasteiger partial charge < -0.3 is 14.8 Å². The van der Waals surface area contributed by atoms with Gasteiger partial charge in [-0.15, -0.1) is 11.3 Å². The summed E-state index contributed by atoms with van der Waals surface area (Å²) < 4.78 is 11.0. The van der Waals surface area contributed by atoms with E-state index in [-0.39, 0.29) is 6.10 Å². The molecule has 0 spiro atoms. The maximum absolute atomic E-state index is 5.76. The molecule has 0 aliphatic heterocycles. The van der Waals surface area contributed by atoms with Crippen LogP contribution < -0.4 is 5.32 Å². The third-order valence-electron chi connectivity index (χ3n) is 2.61. The van der Waals surface area contributed by atoms with Crippen molar-refractivity contribution in [3.05, 3.63) is 22.4 Å². The van der Waals surface area contributed by atoms with Crippen LogP contribution in [-0.4, -0.2) is 39.0 Å². The van der Waals surface area contributed by atoms with E-state index in [0.29, 0.717) is 0 Å². The molecule has 1 N–H and O–H groups in total. The lowest BCUT2D eigenvalue weighted by molar-refractivity contribution is 0.0678. The molecule has 0 radical (unpaired) electrons. The molecule has 1 rings (SSSR count). The Morgan fingerprint density at radius 1 is 1.39 bits per heavy atom. The van der Waals surface area contributed by atoms with Crippen molar-refractivity contribution in [2.75, 3.05) is 32.9 Å². The fourth-order valence-electron chi connectivity index (χ4n) is 1.62. The van der Waals surface area contributed by atoms with Gasteiger partial charge in [-0.05, 0) is 38.3 Å². The first-order valence-electron chi connectivity index (χ1n) is 6.75. The van der Waals surface area contributed by atoms with Crippen LogP contribution in [0.3, 0.4) is 0 Å². The molecule has 3 nitrogen and oxygen atoms in total. The first kappa shape index (κ1) is 15.6. The van der Waals surface area contributed by atoms with Crippen LogP contribution in [0.1, 0.15) is 25.1 Å². The molecule has 0 fully saturated rings. The van der Waals surface area contributed by atoms with Crippen molar-refractivity contribution in [1.82, 2.24) is 5.32 Å². The highest BCUT2D eigenvalue weighted by Crippen LogP contribution is 2.09. The summed E-state index contributed by atoms with van der Waals surface area (Å²) in [4.78, 5) is 1.40. The van der Waals surface area contributed by atoms with Crippen molar-refractivity contribution < 1.29 is 9.47 Å². The van der Waals surface area contributed by atoms with Crippen LogP contribution in [0.2, 0.25) is 0 Å². The highest BCUT2D eigenvalue weighted by Gasteiger charge is 2.02. The molecular formula is C14H25NO2S. The van der Waals surface area contributed by atoms with Crippen LogP contribution in [0.5, 0.6) is 0 Å². The van der Waals surface area contributed by atoms with Crippen molar-refractivity contribution in [3.8, 4) is 0 Å². The average Bonchev–Trinajstić information content (AvgIpc) is 2.87. The monoisotopic (exact) mass is 271 g/mol. The van der Waals surface area contributed by atoms with Gasteiger partial charge in [0.05, 0.1) is 12.7 Å². The van der Waals surface area contributed by atoms with Crippen LogP contribution in [-0.2, 0) is 15.9 Å². The first-order chi connectivity index (χ1) is 8.83. The van der Waals surface area contributed by atoms with Crippen LogP contribution >= 0.6 is 11.3 Å². The normalized spacial score (nSPS) is 12.8. The quantitative estimate of drug-likeness (QED) is 0.628. The van der Waals surface area contributed by atoms with E-state index in [1.807, 2.05) is 6.92 Å². The van der Waals surface area contributed by atoms with Crippen LogP contribution in [0.25, 0.3) is 0 Å². The predicted molar refractivity (Wildman–Crippen MR) is 77.4 cm³/mol. The topological polar surface area (TPSA) is 30.5 Å². The summed E-state index contributed by atoms with van der Waals surface area (Å²) in [5, 5.41) is 5.50. The number of hydrogen-bond acceptors (Lipinski definition) is 4. The standard InChI is InChI=1S/C14H25NO2S/c1-3-16-9-5-8-15-12-13(2)17-10-7-14-6-4-11-18-14/h4,6,11,13,15H,3,5,7-10,12H2,1-2H3. The van der Waals surface area contributed by atoms with Crippen molar-refractivity contribution >= 4 is 11.3 Å². The van der Waals surface area contributed by atoms with E-state index in [9.17, 15) is 0 Å². The van der Waals surface area contributed by atoms with Gasteiger partial charge >= 0.3 is 0 Å². The number of hydrogen-bond donors (Lipinski definition) is 1. The third kappa shape index (κ3) is 7.82. The summed E-state index contributed by atoms with van der Waals surface area (Å²) >= 11 is 1.79. The summed E-state index contributed by atoms with van der Waals surface area (Å²) in [5.74, 6) is 0. The van der Waals surface area contributed by atoms with Crippen molar-refractivity contribution in [2.45, 2.75) is 32.8 Å². The predicted octanol–water partition coefficient (Wildman–Crippen LogP) is 2.71. The van der Waals surface area contributed by atoms with Gasteiger partial charge in [0.1, 0.15) is 0 Å². The molecule has 4 heteroatoms. The molecule has 1 unspecified atom stereocenters. The fourth-order valence-corrected chi connectivity index (χ4v) is 2.31. The van der Waals surface area contributed by atoms with Gasteiger partial charge in [-0.1, -0.05) is 6.07 Å². The van der Waals surface area contributed by atoms with Crippen molar-refractivity contribution in [3.63, 3.8) is 0 Å². The van der Waals surface area contributed by atoms with Gasteiger partial charge in [0, 0.05) is 31.1 Å². The van der Waals surface area contributed by atoms with Crippen LogP contribution in [0.15, 0.2) is 17.5 Å². The lowest BCUT2D eigenvalue weighted by Crippen LogP contribution is -2.28. The second-order valence-corrected chi connectivity index (χ2v) is 5.30. The van der Waals surface area contributed by atoms with Gasteiger partial charge in [-0.3, -0.25) is 0 Å². The smallest absolute Gasteiger partial charge is 0.0671 e. The molecule has 104 valence electrons. The Hall–Kier alpha value is -0.420. The number of ether oxygens (including phenoxy) is 2. The summed E-state index contributed by atoms with van der Waals surface area (Å²) in [6.45, 7) is 8.51. The lowest BCUT2D eigenvalue weighted by Gasteiger charge is -2.13. The van der Waals surface area contributed by atoms with Crippen molar-refractivity contribution in [1.29, 1.82) is 0 Å².